The zero-order valence-electron chi connectivity index (χ0n) is 13.9. The Balaban J connectivity index is 1.57. The van der Waals surface area contributed by atoms with E-state index in [9.17, 15) is 9.90 Å². The molecule has 0 fully saturated rings. The molecule has 2 aromatic rings. The van der Waals surface area contributed by atoms with Gasteiger partial charge in [0.15, 0.2) is 0 Å². The molecule has 0 saturated heterocycles. The van der Waals surface area contributed by atoms with Crippen molar-refractivity contribution in [3.8, 4) is 5.75 Å². The predicted molar refractivity (Wildman–Crippen MR) is 94.3 cm³/mol. The molecule has 1 amide bonds. The van der Waals surface area contributed by atoms with E-state index in [1.165, 1.54) is 0 Å². The quantitative estimate of drug-likeness (QED) is 0.854. The van der Waals surface area contributed by atoms with Gasteiger partial charge in [-0.15, -0.1) is 0 Å². The maximum Gasteiger partial charge on any atom is 0.227 e. The number of amides is 1. The number of hydrogen-bond acceptors (Lipinski definition) is 3. The van der Waals surface area contributed by atoms with Gasteiger partial charge in [0.1, 0.15) is 5.75 Å². The van der Waals surface area contributed by atoms with Gasteiger partial charge in [0.2, 0.25) is 5.91 Å². The van der Waals surface area contributed by atoms with Crippen LogP contribution in [0.15, 0.2) is 48.5 Å². The minimum absolute atomic E-state index is 0.0867. The number of para-hydroxylation sites is 1. The van der Waals surface area contributed by atoms with E-state index >= 15 is 0 Å². The van der Waals surface area contributed by atoms with E-state index in [1.54, 1.807) is 4.90 Å². The molecule has 1 aliphatic heterocycles. The molecule has 1 unspecified atom stereocenters. The summed E-state index contributed by atoms with van der Waals surface area (Å²) in [4.78, 5) is 14.3. The summed E-state index contributed by atoms with van der Waals surface area (Å²) in [6.07, 6.45) is 1.22. The molecule has 0 aliphatic carbocycles. The molecule has 3 rings (SSSR count). The molecule has 0 aromatic heterocycles. The average Bonchev–Trinajstić information content (AvgIpc) is 2.60. The summed E-state index contributed by atoms with van der Waals surface area (Å²) in [7, 11) is 0. The first-order valence-electron chi connectivity index (χ1n) is 8.42. The van der Waals surface area contributed by atoms with Crippen LogP contribution in [0.1, 0.15) is 36.5 Å². The molecule has 1 N–H and O–H groups in total. The SMILES string of the molecule is Cc1ccc2c(c1)C(O)CCN2C(=O)CCCOc1ccccc1. The number of nitrogens with zero attached hydrogens (tertiary/aromatic N) is 1. The first kappa shape index (κ1) is 16.5. The van der Waals surface area contributed by atoms with Gasteiger partial charge in [-0.05, 0) is 38.0 Å². The van der Waals surface area contributed by atoms with Gasteiger partial charge < -0.3 is 14.7 Å². The summed E-state index contributed by atoms with van der Waals surface area (Å²) in [6, 6.07) is 15.5. The van der Waals surface area contributed by atoms with Gasteiger partial charge in [0, 0.05) is 24.2 Å². The Morgan fingerprint density at radius 2 is 2.04 bits per heavy atom. The van der Waals surface area contributed by atoms with Gasteiger partial charge in [-0.1, -0.05) is 35.9 Å². The van der Waals surface area contributed by atoms with Crippen molar-refractivity contribution in [3.63, 3.8) is 0 Å². The first-order chi connectivity index (χ1) is 11.6. The monoisotopic (exact) mass is 325 g/mol. The molecule has 1 aliphatic rings. The van der Waals surface area contributed by atoms with Crippen LogP contribution in [0.3, 0.4) is 0 Å². The normalized spacial score (nSPS) is 16.6. The number of fused-ring (bicyclic) bond motifs is 1. The number of aliphatic hydroxyl groups is 1. The van der Waals surface area contributed by atoms with Crippen molar-refractivity contribution in [1.82, 2.24) is 0 Å². The average molecular weight is 325 g/mol. The molecule has 4 nitrogen and oxygen atoms in total. The zero-order valence-corrected chi connectivity index (χ0v) is 13.9. The van der Waals surface area contributed by atoms with E-state index in [2.05, 4.69) is 0 Å². The molecular formula is C20H23NO3. The van der Waals surface area contributed by atoms with Crippen LogP contribution >= 0.6 is 0 Å². The van der Waals surface area contributed by atoms with Crippen LogP contribution in [0.2, 0.25) is 0 Å². The van der Waals surface area contributed by atoms with E-state index < -0.39 is 6.10 Å². The van der Waals surface area contributed by atoms with Gasteiger partial charge in [-0.2, -0.15) is 0 Å². The van der Waals surface area contributed by atoms with Crippen LogP contribution in [0.5, 0.6) is 5.75 Å². The predicted octanol–water partition coefficient (Wildman–Crippen LogP) is 3.62. The molecule has 0 bridgehead atoms. The Labute approximate surface area is 142 Å². The molecular weight excluding hydrogens is 302 g/mol. The number of carbonyl (C=O) groups excluding carboxylic acids is 1. The van der Waals surface area contributed by atoms with Crippen LogP contribution in [0.25, 0.3) is 0 Å². The van der Waals surface area contributed by atoms with Gasteiger partial charge in [-0.25, -0.2) is 0 Å². The number of aliphatic hydroxyl groups excluding tert-OH is 1. The second-order valence-electron chi connectivity index (χ2n) is 6.18. The van der Waals surface area contributed by atoms with Crippen molar-refractivity contribution >= 4 is 11.6 Å². The smallest absolute Gasteiger partial charge is 0.227 e. The maximum absolute atomic E-state index is 12.6. The number of benzene rings is 2. The first-order valence-corrected chi connectivity index (χ1v) is 8.42. The second kappa shape index (κ2) is 7.49. The van der Waals surface area contributed by atoms with Crippen molar-refractivity contribution in [2.75, 3.05) is 18.1 Å². The van der Waals surface area contributed by atoms with Gasteiger partial charge >= 0.3 is 0 Å². The summed E-state index contributed by atoms with van der Waals surface area (Å²) in [5.41, 5.74) is 2.79. The fourth-order valence-electron chi connectivity index (χ4n) is 3.04. The minimum Gasteiger partial charge on any atom is -0.494 e. The maximum atomic E-state index is 12.6. The number of rotatable bonds is 5. The highest BCUT2D eigenvalue weighted by Gasteiger charge is 2.27. The summed E-state index contributed by atoms with van der Waals surface area (Å²) < 4.78 is 5.64. The van der Waals surface area contributed by atoms with Crippen molar-refractivity contribution in [2.45, 2.75) is 32.3 Å². The second-order valence-corrected chi connectivity index (χ2v) is 6.18. The van der Waals surface area contributed by atoms with Gasteiger partial charge in [0.25, 0.3) is 0 Å². The number of aryl methyl sites for hydroxylation is 1. The van der Waals surface area contributed by atoms with Gasteiger partial charge in [-0.3, -0.25) is 4.79 Å². The van der Waals surface area contributed by atoms with E-state index in [0.29, 0.717) is 32.4 Å². The van der Waals surface area contributed by atoms with Crippen LogP contribution in [0.4, 0.5) is 5.69 Å². The lowest BCUT2D eigenvalue weighted by atomic mass is 9.96. The highest BCUT2D eigenvalue weighted by atomic mass is 16.5. The fraction of sp³-hybridized carbons (Fsp3) is 0.350. The third-order valence-corrected chi connectivity index (χ3v) is 4.31. The lowest BCUT2D eigenvalue weighted by molar-refractivity contribution is -0.119. The van der Waals surface area contributed by atoms with Crippen LogP contribution in [-0.2, 0) is 4.79 Å². The van der Waals surface area contributed by atoms with Crippen LogP contribution in [0, 0.1) is 6.92 Å². The third kappa shape index (κ3) is 3.77. The van der Waals surface area contributed by atoms with Crippen molar-refractivity contribution in [1.29, 1.82) is 0 Å². The van der Waals surface area contributed by atoms with Crippen LogP contribution in [-0.4, -0.2) is 24.2 Å². The molecule has 2 aromatic carbocycles. The topological polar surface area (TPSA) is 49.8 Å². The minimum atomic E-state index is -0.481. The van der Waals surface area contributed by atoms with E-state index in [0.717, 1.165) is 22.6 Å². The molecule has 126 valence electrons. The lowest BCUT2D eigenvalue weighted by Gasteiger charge is -2.32. The fourth-order valence-corrected chi connectivity index (χ4v) is 3.04. The zero-order chi connectivity index (χ0) is 16.9. The van der Waals surface area contributed by atoms with E-state index in [1.807, 2.05) is 55.5 Å². The standard InChI is InChI=1S/C20H23NO3/c1-15-9-10-18-17(14-15)19(22)11-12-21(18)20(23)8-5-13-24-16-6-3-2-4-7-16/h2-4,6-7,9-10,14,19,22H,5,8,11-13H2,1H3. The van der Waals surface area contributed by atoms with Gasteiger partial charge in [0.05, 0.1) is 12.7 Å². The molecule has 24 heavy (non-hydrogen) atoms. The lowest BCUT2D eigenvalue weighted by Crippen LogP contribution is -2.36. The Bertz CT molecular complexity index is 699. The number of anilines is 1. The van der Waals surface area contributed by atoms with Crippen molar-refractivity contribution in [3.05, 3.63) is 59.7 Å². The Morgan fingerprint density at radius 3 is 2.83 bits per heavy atom. The Hall–Kier alpha value is -2.33. The molecule has 0 spiro atoms. The molecule has 4 heteroatoms. The molecule has 1 atom stereocenters. The van der Waals surface area contributed by atoms with E-state index in [4.69, 9.17) is 4.74 Å². The number of hydrogen-bond donors (Lipinski definition) is 1. The largest absolute Gasteiger partial charge is 0.494 e. The summed E-state index contributed by atoms with van der Waals surface area (Å²) >= 11 is 0. The van der Waals surface area contributed by atoms with Crippen molar-refractivity contribution < 1.29 is 14.6 Å². The Morgan fingerprint density at radius 1 is 1.25 bits per heavy atom. The molecule has 0 saturated carbocycles. The third-order valence-electron chi connectivity index (χ3n) is 4.31. The summed E-state index contributed by atoms with van der Waals surface area (Å²) in [6.45, 7) is 3.08. The highest BCUT2D eigenvalue weighted by Crippen LogP contribution is 2.34. The molecule has 1 heterocycles. The molecule has 0 radical (unpaired) electrons. The Kier molecular flexibility index (Phi) is 5.16. The summed E-state index contributed by atoms with van der Waals surface area (Å²) in [5, 5.41) is 10.2. The van der Waals surface area contributed by atoms with Crippen molar-refractivity contribution in [2.24, 2.45) is 0 Å². The van der Waals surface area contributed by atoms with E-state index in [-0.39, 0.29) is 5.91 Å². The van der Waals surface area contributed by atoms with Crippen LogP contribution < -0.4 is 9.64 Å². The number of carbonyl (C=O) groups is 1. The summed E-state index contributed by atoms with van der Waals surface area (Å²) in [5.74, 6) is 0.913. The highest BCUT2D eigenvalue weighted by molar-refractivity contribution is 5.94. The number of ether oxygens (including phenoxy) is 1.